The maximum Gasteiger partial charge on any atom is 0.267 e. The highest BCUT2D eigenvalue weighted by Gasteiger charge is 2.45. The number of amides is 2. The molecule has 0 spiro atoms. The summed E-state index contributed by atoms with van der Waals surface area (Å²) in [7, 11) is 0. The van der Waals surface area contributed by atoms with Crippen LogP contribution in [0.5, 0.6) is 0 Å². The Balaban J connectivity index is 1.71. The Morgan fingerprint density at radius 3 is 2.65 bits per heavy atom. The van der Waals surface area contributed by atoms with Gasteiger partial charge in [0.2, 0.25) is 0 Å². The molecule has 1 saturated heterocycles. The van der Waals surface area contributed by atoms with Crippen molar-refractivity contribution >= 4 is 51.7 Å². The topological polar surface area (TPSA) is 40.6 Å². The highest BCUT2D eigenvalue weighted by atomic mass is 35.5. The van der Waals surface area contributed by atoms with Gasteiger partial charge in [-0.25, -0.2) is 0 Å². The van der Waals surface area contributed by atoms with E-state index >= 15 is 0 Å². The van der Waals surface area contributed by atoms with Crippen LogP contribution < -0.4 is 0 Å². The van der Waals surface area contributed by atoms with Crippen LogP contribution in [0.4, 0.5) is 0 Å². The maximum atomic E-state index is 13.2. The number of alkyl halides is 1. The molecule has 0 aromatic carbocycles. The molecular weight excluding hydrogens is 388 g/mol. The minimum Gasteiger partial charge on any atom is -0.312 e. The number of hydrogen-bond acceptors (Lipinski definition) is 4. The number of thiocarbonyl (C=S) groups is 1. The Hall–Kier alpha value is -0.850. The van der Waals surface area contributed by atoms with Crippen LogP contribution in [0.15, 0.2) is 21.7 Å². The van der Waals surface area contributed by atoms with Crippen LogP contribution in [0.3, 0.4) is 0 Å². The van der Waals surface area contributed by atoms with E-state index in [-0.39, 0.29) is 23.2 Å². The lowest BCUT2D eigenvalue weighted by atomic mass is 9.92. The quantitative estimate of drug-likeness (QED) is 0.385. The Bertz CT molecular complexity index is 746. The van der Waals surface area contributed by atoms with Gasteiger partial charge in [-0.15, -0.1) is 11.6 Å². The fraction of sp³-hybridized carbons (Fsp3) is 0.632. The van der Waals surface area contributed by atoms with E-state index in [2.05, 4.69) is 0 Å². The molecule has 2 heterocycles. The Labute approximate surface area is 169 Å². The molecule has 2 aliphatic carbocycles. The number of halogens is 1. The first-order chi connectivity index (χ1) is 12.5. The molecule has 7 heteroatoms. The van der Waals surface area contributed by atoms with Gasteiger partial charge in [-0.3, -0.25) is 14.5 Å². The second-order valence-corrected chi connectivity index (χ2v) is 9.61. The monoisotopic (exact) mass is 410 g/mol. The van der Waals surface area contributed by atoms with E-state index < -0.39 is 0 Å². The molecule has 4 nitrogen and oxygen atoms in total. The molecule has 0 aromatic rings. The number of rotatable bonds is 2. The number of thioether (sulfide) groups is 1. The van der Waals surface area contributed by atoms with Crippen LogP contribution in [0.25, 0.3) is 0 Å². The molecule has 140 valence electrons. The maximum absolute atomic E-state index is 13.2. The zero-order valence-corrected chi connectivity index (χ0v) is 17.3. The minimum atomic E-state index is -0.0884. The summed E-state index contributed by atoms with van der Waals surface area (Å²) >= 11 is 13.2. The summed E-state index contributed by atoms with van der Waals surface area (Å²) in [6, 6.07) is 0.0652. The van der Waals surface area contributed by atoms with E-state index in [1.807, 2.05) is 11.8 Å². The van der Waals surface area contributed by atoms with Crippen LogP contribution >= 0.6 is 35.6 Å². The first kappa shape index (κ1) is 18.5. The zero-order valence-electron chi connectivity index (χ0n) is 14.9. The third kappa shape index (κ3) is 2.94. The lowest BCUT2D eigenvalue weighted by molar-refractivity contribution is -0.126. The highest BCUT2D eigenvalue weighted by Crippen LogP contribution is 2.46. The van der Waals surface area contributed by atoms with E-state index in [0.717, 1.165) is 62.6 Å². The van der Waals surface area contributed by atoms with E-state index in [1.165, 1.54) is 11.8 Å². The van der Waals surface area contributed by atoms with Crippen molar-refractivity contribution < 1.29 is 9.59 Å². The average molecular weight is 411 g/mol. The van der Waals surface area contributed by atoms with Crippen LogP contribution in [0, 0.1) is 0 Å². The van der Waals surface area contributed by atoms with Gasteiger partial charge < -0.3 is 4.90 Å². The molecule has 2 amide bonds. The smallest absolute Gasteiger partial charge is 0.267 e. The van der Waals surface area contributed by atoms with Gasteiger partial charge in [-0.05, 0) is 63.9 Å². The van der Waals surface area contributed by atoms with E-state index in [1.54, 1.807) is 4.90 Å². The Morgan fingerprint density at radius 1 is 1.15 bits per heavy atom. The Morgan fingerprint density at radius 2 is 1.92 bits per heavy atom. The third-order valence-electron chi connectivity index (χ3n) is 5.82. The summed E-state index contributed by atoms with van der Waals surface area (Å²) < 4.78 is 0.578. The summed E-state index contributed by atoms with van der Waals surface area (Å²) in [6.07, 6.45) is 7.70. The summed E-state index contributed by atoms with van der Waals surface area (Å²) in [5.41, 5.74) is 2.84. The summed E-state index contributed by atoms with van der Waals surface area (Å²) in [5.74, 6) is -0.103. The molecule has 2 atom stereocenters. The van der Waals surface area contributed by atoms with E-state index in [4.69, 9.17) is 23.8 Å². The van der Waals surface area contributed by atoms with Gasteiger partial charge in [0.05, 0.1) is 10.5 Å². The van der Waals surface area contributed by atoms with E-state index in [0.29, 0.717) is 21.3 Å². The molecule has 2 fully saturated rings. The number of hydrogen-bond donors (Lipinski definition) is 0. The van der Waals surface area contributed by atoms with Crippen molar-refractivity contribution in [3.8, 4) is 0 Å². The zero-order chi connectivity index (χ0) is 18.4. The lowest BCUT2D eigenvalue weighted by Gasteiger charge is -2.32. The SMILES string of the molecule is CCN1C(=O)/C(=C2\SC(=S)N(C3CCCC(Cl)C3)C2=O)C2=C1CCCC2. The molecule has 0 aromatic heterocycles. The molecule has 4 aliphatic rings. The first-order valence-corrected chi connectivity index (χ1v) is 11.2. The predicted molar refractivity (Wildman–Crippen MR) is 109 cm³/mol. The largest absolute Gasteiger partial charge is 0.312 e. The second-order valence-electron chi connectivity index (χ2n) is 7.35. The normalized spacial score (nSPS) is 32.8. The number of carbonyl (C=O) groups excluding carboxylic acids is 2. The highest BCUT2D eigenvalue weighted by molar-refractivity contribution is 8.26. The van der Waals surface area contributed by atoms with Gasteiger partial charge in [-0.2, -0.15) is 0 Å². The number of likely N-dealkylation sites (N-methyl/N-ethyl adjacent to an activating group) is 1. The van der Waals surface area contributed by atoms with Gasteiger partial charge in [0.25, 0.3) is 11.8 Å². The minimum absolute atomic E-state index is 0.0150. The first-order valence-electron chi connectivity index (χ1n) is 9.50. The van der Waals surface area contributed by atoms with Gasteiger partial charge in [0.1, 0.15) is 4.32 Å². The van der Waals surface area contributed by atoms with E-state index in [9.17, 15) is 9.59 Å². The fourth-order valence-electron chi connectivity index (χ4n) is 4.60. The Kier molecular flexibility index (Phi) is 5.19. The molecule has 4 rings (SSSR count). The van der Waals surface area contributed by atoms with Crippen LogP contribution in [-0.2, 0) is 9.59 Å². The van der Waals surface area contributed by atoms with Crippen LogP contribution in [0.1, 0.15) is 58.3 Å². The van der Waals surface area contributed by atoms with Crippen molar-refractivity contribution in [3.05, 3.63) is 21.7 Å². The van der Waals surface area contributed by atoms with Gasteiger partial charge in [-0.1, -0.05) is 24.0 Å². The lowest BCUT2D eigenvalue weighted by Crippen LogP contribution is -2.42. The third-order valence-corrected chi connectivity index (χ3v) is 7.61. The van der Waals surface area contributed by atoms with Crippen LogP contribution in [0.2, 0.25) is 0 Å². The van der Waals surface area contributed by atoms with Crippen molar-refractivity contribution in [1.29, 1.82) is 0 Å². The molecule has 26 heavy (non-hydrogen) atoms. The summed E-state index contributed by atoms with van der Waals surface area (Å²) in [5, 5.41) is 0.0994. The van der Waals surface area contributed by atoms with Gasteiger partial charge in [0, 0.05) is 23.7 Å². The predicted octanol–water partition coefficient (Wildman–Crippen LogP) is 4.34. The summed E-state index contributed by atoms with van der Waals surface area (Å²) in [6.45, 7) is 2.64. The molecule has 0 bridgehead atoms. The molecule has 0 N–H and O–H groups in total. The van der Waals surface area contributed by atoms with Crippen molar-refractivity contribution in [2.24, 2.45) is 0 Å². The van der Waals surface area contributed by atoms with Crippen molar-refractivity contribution in [2.75, 3.05) is 6.54 Å². The molecule has 0 radical (unpaired) electrons. The molecule has 2 unspecified atom stereocenters. The fourth-order valence-corrected chi connectivity index (χ4v) is 6.44. The van der Waals surface area contributed by atoms with Gasteiger partial charge in [0.15, 0.2) is 0 Å². The van der Waals surface area contributed by atoms with Gasteiger partial charge >= 0.3 is 0 Å². The number of allylic oxidation sites excluding steroid dienone is 1. The average Bonchev–Trinajstić information content (AvgIpc) is 3.07. The molecule has 2 aliphatic heterocycles. The number of carbonyl (C=O) groups is 2. The van der Waals surface area contributed by atoms with Crippen LogP contribution in [-0.4, -0.2) is 43.9 Å². The van der Waals surface area contributed by atoms with Crippen molar-refractivity contribution in [2.45, 2.75) is 69.7 Å². The standard InChI is InChI=1S/C19H23ClN2O2S2/c1-2-21-14-9-4-3-8-13(14)15(17(21)23)16-18(24)22(19(25)26-16)12-7-5-6-11(20)10-12/h11-12H,2-10H2,1H3/b16-15-. The van der Waals surface area contributed by atoms with Crippen molar-refractivity contribution in [3.63, 3.8) is 0 Å². The summed E-state index contributed by atoms with van der Waals surface area (Å²) in [4.78, 5) is 30.4. The number of nitrogens with zero attached hydrogens (tertiary/aromatic N) is 2. The van der Waals surface area contributed by atoms with Crippen molar-refractivity contribution in [1.82, 2.24) is 9.80 Å². The second kappa shape index (κ2) is 7.28. The molecular formula is C19H23ClN2O2S2. The molecule has 1 saturated carbocycles.